The van der Waals surface area contributed by atoms with Crippen LogP contribution in [0.1, 0.15) is 43.0 Å². The fraction of sp³-hybridized carbons (Fsp3) is 0.346. The fourth-order valence-electron chi connectivity index (χ4n) is 4.17. The van der Waals surface area contributed by atoms with Gasteiger partial charge in [-0.2, -0.15) is 0 Å². The molecule has 2 atom stereocenters. The van der Waals surface area contributed by atoms with Crippen LogP contribution in [0.15, 0.2) is 61.1 Å². The van der Waals surface area contributed by atoms with Crippen molar-refractivity contribution in [3.63, 3.8) is 0 Å². The number of esters is 1. The Morgan fingerprint density at radius 2 is 1.88 bits per heavy atom. The number of carbonyl (C=O) groups is 1. The van der Waals surface area contributed by atoms with Crippen molar-refractivity contribution in [1.82, 2.24) is 9.97 Å². The minimum absolute atomic E-state index is 0.186. The van der Waals surface area contributed by atoms with Gasteiger partial charge in [-0.25, -0.2) is 4.79 Å². The van der Waals surface area contributed by atoms with E-state index in [-0.39, 0.29) is 11.9 Å². The van der Waals surface area contributed by atoms with Crippen LogP contribution in [0.25, 0.3) is 11.1 Å². The van der Waals surface area contributed by atoms with E-state index in [1.807, 2.05) is 55.8 Å². The fourth-order valence-corrected chi connectivity index (χ4v) is 4.17. The molecule has 0 aliphatic heterocycles. The maximum Gasteiger partial charge on any atom is 0.335 e. The predicted octanol–water partition coefficient (Wildman–Crippen LogP) is 4.57. The number of pyridine rings is 2. The van der Waals surface area contributed by atoms with Gasteiger partial charge in [-0.05, 0) is 61.2 Å². The Morgan fingerprint density at radius 1 is 1.03 bits per heavy atom. The van der Waals surface area contributed by atoms with E-state index in [0.717, 1.165) is 23.4 Å². The summed E-state index contributed by atoms with van der Waals surface area (Å²) in [5, 5.41) is 0. The van der Waals surface area contributed by atoms with Crippen molar-refractivity contribution in [2.24, 2.45) is 0 Å². The van der Waals surface area contributed by atoms with Crippen LogP contribution in [0.2, 0.25) is 0 Å². The minimum atomic E-state index is -0.588. The van der Waals surface area contributed by atoms with Gasteiger partial charge >= 0.3 is 5.97 Å². The molecule has 1 aliphatic rings. The number of benzene rings is 1. The molecule has 2 unspecified atom stereocenters. The molecule has 1 aliphatic carbocycles. The van der Waals surface area contributed by atoms with E-state index in [1.54, 1.807) is 6.92 Å². The minimum Gasteiger partial charge on any atom is -0.494 e. The van der Waals surface area contributed by atoms with E-state index in [0.29, 0.717) is 26.2 Å². The Bertz CT molecular complexity index is 1010. The molecule has 0 N–H and O–H groups in total. The molecule has 0 bridgehead atoms. The second-order valence-corrected chi connectivity index (χ2v) is 7.63. The van der Waals surface area contributed by atoms with Gasteiger partial charge in [0.2, 0.25) is 0 Å². The van der Waals surface area contributed by atoms with E-state index in [4.69, 9.17) is 14.2 Å². The molecule has 2 aromatic heterocycles. The second-order valence-electron chi connectivity index (χ2n) is 7.63. The first-order chi connectivity index (χ1) is 15.7. The molecule has 0 amide bonds. The van der Waals surface area contributed by atoms with E-state index < -0.39 is 6.10 Å². The third kappa shape index (κ3) is 4.81. The Hall–Kier alpha value is -3.25. The number of aromatic nitrogens is 2. The van der Waals surface area contributed by atoms with E-state index in [2.05, 4.69) is 22.1 Å². The standard InChI is InChI=1S/C26H28N2O4/c1-3-30-24(26(29)31-4-2)16-18-7-9-19(10-8-18)32-15-12-22-23-17-27-14-11-20(23)21-6-5-13-28-25(21)22/h5-11,13-14,17,22,24H,3-4,12,15-16H2,1-2H3. The highest BCUT2D eigenvalue weighted by Crippen LogP contribution is 2.44. The van der Waals surface area contributed by atoms with Crippen molar-refractivity contribution in [3.8, 4) is 16.9 Å². The summed E-state index contributed by atoms with van der Waals surface area (Å²) < 4.78 is 16.7. The third-order valence-corrected chi connectivity index (χ3v) is 5.62. The van der Waals surface area contributed by atoms with Crippen LogP contribution in [0.3, 0.4) is 0 Å². The third-order valence-electron chi connectivity index (χ3n) is 5.62. The molecule has 4 rings (SSSR count). The maximum absolute atomic E-state index is 12.1. The summed E-state index contributed by atoms with van der Waals surface area (Å²) in [7, 11) is 0. The average molecular weight is 433 g/mol. The van der Waals surface area contributed by atoms with Gasteiger partial charge in [-0.1, -0.05) is 18.2 Å². The lowest BCUT2D eigenvalue weighted by atomic mass is 9.98. The summed E-state index contributed by atoms with van der Waals surface area (Å²) >= 11 is 0. The van der Waals surface area contributed by atoms with E-state index in [1.165, 1.54) is 16.7 Å². The van der Waals surface area contributed by atoms with Crippen molar-refractivity contribution >= 4 is 5.97 Å². The molecular weight excluding hydrogens is 404 g/mol. The zero-order valence-electron chi connectivity index (χ0n) is 18.5. The van der Waals surface area contributed by atoms with Crippen LogP contribution in [0, 0.1) is 0 Å². The summed E-state index contributed by atoms with van der Waals surface area (Å²) in [5.74, 6) is 0.657. The van der Waals surface area contributed by atoms with Gasteiger partial charge in [0, 0.05) is 43.1 Å². The van der Waals surface area contributed by atoms with Crippen LogP contribution >= 0.6 is 0 Å². The lowest BCUT2D eigenvalue weighted by molar-refractivity contribution is -0.156. The lowest BCUT2D eigenvalue weighted by Crippen LogP contribution is -2.28. The van der Waals surface area contributed by atoms with Gasteiger partial charge < -0.3 is 14.2 Å². The average Bonchev–Trinajstić information content (AvgIpc) is 3.14. The topological polar surface area (TPSA) is 70.5 Å². The first kappa shape index (κ1) is 22.0. The van der Waals surface area contributed by atoms with Gasteiger partial charge in [0.25, 0.3) is 0 Å². The zero-order valence-corrected chi connectivity index (χ0v) is 18.5. The molecule has 32 heavy (non-hydrogen) atoms. The molecular formula is C26H28N2O4. The number of fused-ring (bicyclic) bond motifs is 3. The molecule has 6 heteroatoms. The Kier molecular flexibility index (Phi) is 7.12. The van der Waals surface area contributed by atoms with Crippen LogP contribution in [-0.4, -0.2) is 41.9 Å². The van der Waals surface area contributed by atoms with Gasteiger partial charge in [0.15, 0.2) is 6.10 Å². The zero-order chi connectivity index (χ0) is 22.3. The molecule has 6 nitrogen and oxygen atoms in total. The van der Waals surface area contributed by atoms with Crippen molar-refractivity contribution < 1.29 is 19.0 Å². The summed E-state index contributed by atoms with van der Waals surface area (Å²) in [6.45, 7) is 5.04. The molecule has 3 aromatic rings. The first-order valence-corrected chi connectivity index (χ1v) is 11.1. The summed E-state index contributed by atoms with van der Waals surface area (Å²) in [4.78, 5) is 21.0. The van der Waals surface area contributed by atoms with Crippen molar-refractivity contribution in [2.75, 3.05) is 19.8 Å². The van der Waals surface area contributed by atoms with E-state index in [9.17, 15) is 4.79 Å². The molecule has 1 aromatic carbocycles. The predicted molar refractivity (Wildman–Crippen MR) is 122 cm³/mol. The highest BCUT2D eigenvalue weighted by molar-refractivity contribution is 5.76. The van der Waals surface area contributed by atoms with Crippen molar-refractivity contribution in [2.45, 2.75) is 38.7 Å². The number of nitrogens with zero attached hydrogens (tertiary/aromatic N) is 2. The lowest BCUT2D eigenvalue weighted by Gasteiger charge is -2.16. The van der Waals surface area contributed by atoms with Gasteiger partial charge in [0.1, 0.15) is 5.75 Å². The monoisotopic (exact) mass is 432 g/mol. The molecule has 0 fully saturated rings. The number of hydrogen-bond acceptors (Lipinski definition) is 6. The van der Waals surface area contributed by atoms with Crippen LogP contribution < -0.4 is 4.74 Å². The Morgan fingerprint density at radius 3 is 2.66 bits per heavy atom. The van der Waals surface area contributed by atoms with E-state index >= 15 is 0 Å². The molecule has 0 radical (unpaired) electrons. The Balaban J connectivity index is 1.36. The molecule has 0 saturated heterocycles. The maximum atomic E-state index is 12.1. The number of hydrogen-bond donors (Lipinski definition) is 0. The number of carbonyl (C=O) groups excluding carboxylic acids is 1. The highest BCUT2D eigenvalue weighted by Gasteiger charge is 2.29. The molecule has 0 spiro atoms. The Labute approximate surface area is 188 Å². The smallest absolute Gasteiger partial charge is 0.335 e. The molecule has 2 heterocycles. The summed E-state index contributed by atoms with van der Waals surface area (Å²) in [6, 6.07) is 13.9. The SMILES string of the molecule is CCOC(=O)C(Cc1ccc(OCCC2c3cnccc3-c3cccnc32)cc1)OCC. The quantitative estimate of drug-likeness (QED) is 0.437. The van der Waals surface area contributed by atoms with Crippen LogP contribution in [-0.2, 0) is 20.7 Å². The molecule has 0 saturated carbocycles. The summed E-state index contributed by atoms with van der Waals surface area (Å²) in [6.07, 6.45) is 6.32. The number of ether oxygens (including phenoxy) is 3. The van der Waals surface area contributed by atoms with Crippen LogP contribution in [0.4, 0.5) is 0 Å². The highest BCUT2D eigenvalue weighted by atomic mass is 16.6. The van der Waals surface area contributed by atoms with Crippen molar-refractivity contribution in [1.29, 1.82) is 0 Å². The first-order valence-electron chi connectivity index (χ1n) is 11.1. The van der Waals surface area contributed by atoms with Crippen LogP contribution in [0.5, 0.6) is 5.75 Å². The van der Waals surface area contributed by atoms with Gasteiger partial charge in [-0.15, -0.1) is 0 Å². The normalized spacial score (nSPS) is 15.0. The second kappa shape index (κ2) is 10.4. The van der Waals surface area contributed by atoms with Gasteiger partial charge in [0.05, 0.1) is 18.9 Å². The van der Waals surface area contributed by atoms with Gasteiger partial charge in [-0.3, -0.25) is 9.97 Å². The molecule has 166 valence electrons. The summed E-state index contributed by atoms with van der Waals surface area (Å²) in [5.41, 5.74) is 5.70. The number of rotatable bonds is 10. The largest absolute Gasteiger partial charge is 0.494 e. The van der Waals surface area contributed by atoms with Crippen molar-refractivity contribution in [3.05, 3.63) is 77.9 Å².